The molecule has 0 bridgehead atoms. The van der Waals surface area contributed by atoms with E-state index in [2.05, 4.69) is 5.32 Å². The van der Waals surface area contributed by atoms with Crippen molar-refractivity contribution in [3.63, 3.8) is 0 Å². The minimum absolute atomic E-state index is 0.0844. The number of nitrogens with one attached hydrogen (secondary N) is 1. The average Bonchev–Trinajstić information content (AvgIpc) is 2.73. The lowest BCUT2D eigenvalue weighted by molar-refractivity contribution is 0.0696. The van der Waals surface area contributed by atoms with Gasteiger partial charge in [-0.05, 0) is 48.0 Å². The third-order valence-corrected chi connectivity index (χ3v) is 4.47. The molecule has 0 aliphatic rings. The van der Waals surface area contributed by atoms with Crippen molar-refractivity contribution in [2.75, 3.05) is 5.32 Å². The first-order valence-corrected chi connectivity index (χ1v) is 8.79. The maximum atomic E-state index is 12.4. The zero-order valence-electron chi connectivity index (χ0n) is 15.1. The van der Waals surface area contributed by atoms with Crippen LogP contribution in [0.5, 0.6) is 0 Å². The Hall–Kier alpha value is -4.19. The summed E-state index contributed by atoms with van der Waals surface area (Å²) >= 11 is 0. The third kappa shape index (κ3) is 3.77. The Bertz CT molecular complexity index is 1290. The molecular formula is C23H15NO5. The summed E-state index contributed by atoms with van der Waals surface area (Å²) in [6, 6.07) is 21.5. The molecule has 0 spiro atoms. The number of hydrogen-bond acceptors (Lipinski definition) is 4. The SMILES string of the molecule is O=C(O)c1cccc(NC(=O)c2ccc(-c3cc4ccccc4oc3=O)cc2)c1. The van der Waals surface area contributed by atoms with E-state index >= 15 is 0 Å². The molecule has 1 amide bonds. The predicted molar refractivity (Wildman–Crippen MR) is 109 cm³/mol. The molecule has 1 heterocycles. The lowest BCUT2D eigenvalue weighted by Crippen LogP contribution is -2.12. The van der Waals surface area contributed by atoms with Crippen LogP contribution in [0, 0.1) is 0 Å². The van der Waals surface area contributed by atoms with Crippen LogP contribution in [0.1, 0.15) is 20.7 Å². The first kappa shape index (κ1) is 18.2. The number of anilines is 1. The van der Waals surface area contributed by atoms with Crippen LogP contribution in [0.4, 0.5) is 5.69 Å². The van der Waals surface area contributed by atoms with Gasteiger partial charge >= 0.3 is 11.6 Å². The van der Waals surface area contributed by atoms with E-state index in [4.69, 9.17) is 9.52 Å². The molecule has 2 N–H and O–H groups in total. The fourth-order valence-electron chi connectivity index (χ4n) is 3.00. The number of para-hydroxylation sites is 1. The summed E-state index contributed by atoms with van der Waals surface area (Å²) in [6.45, 7) is 0. The monoisotopic (exact) mass is 385 g/mol. The Morgan fingerprint density at radius 2 is 1.59 bits per heavy atom. The third-order valence-electron chi connectivity index (χ3n) is 4.47. The lowest BCUT2D eigenvalue weighted by atomic mass is 10.0. The highest BCUT2D eigenvalue weighted by atomic mass is 16.4. The van der Waals surface area contributed by atoms with Crippen molar-refractivity contribution in [1.82, 2.24) is 0 Å². The number of carbonyl (C=O) groups is 2. The fraction of sp³-hybridized carbons (Fsp3) is 0. The summed E-state index contributed by atoms with van der Waals surface area (Å²) < 4.78 is 5.35. The molecule has 1 aromatic heterocycles. The number of benzene rings is 3. The van der Waals surface area contributed by atoms with Crippen LogP contribution < -0.4 is 10.9 Å². The molecule has 0 radical (unpaired) electrons. The molecule has 6 heteroatoms. The molecular weight excluding hydrogens is 370 g/mol. The van der Waals surface area contributed by atoms with Gasteiger partial charge in [0.1, 0.15) is 5.58 Å². The van der Waals surface area contributed by atoms with Crippen molar-refractivity contribution in [3.8, 4) is 11.1 Å². The molecule has 0 atom stereocenters. The van der Waals surface area contributed by atoms with Gasteiger partial charge in [-0.1, -0.05) is 36.4 Å². The maximum Gasteiger partial charge on any atom is 0.344 e. The number of aromatic carboxylic acids is 1. The van der Waals surface area contributed by atoms with E-state index < -0.39 is 11.6 Å². The standard InChI is InChI=1S/C23H15NO5/c25-21(24-18-6-3-5-17(12-18)22(26)27)15-10-8-14(9-11-15)19-13-16-4-1-2-7-20(16)29-23(19)28/h1-13H,(H,24,25)(H,26,27). The van der Waals surface area contributed by atoms with E-state index in [1.54, 1.807) is 54.6 Å². The number of carboxylic acid groups (broad SMARTS) is 1. The molecule has 3 aromatic carbocycles. The van der Waals surface area contributed by atoms with Gasteiger partial charge in [0, 0.05) is 16.6 Å². The fourth-order valence-corrected chi connectivity index (χ4v) is 3.00. The van der Waals surface area contributed by atoms with E-state index in [1.165, 1.54) is 12.1 Å². The molecule has 0 saturated heterocycles. The van der Waals surface area contributed by atoms with Crippen molar-refractivity contribution >= 4 is 28.5 Å². The van der Waals surface area contributed by atoms with Crippen LogP contribution in [0.15, 0.2) is 88.1 Å². The van der Waals surface area contributed by atoms with E-state index in [-0.39, 0.29) is 11.5 Å². The Morgan fingerprint density at radius 1 is 0.828 bits per heavy atom. The van der Waals surface area contributed by atoms with Gasteiger partial charge in [-0.3, -0.25) is 4.79 Å². The molecule has 4 aromatic rings. The van der Waals surface area contributed by atoms with Crippen molar-refractivity contribution in [1.29, 1.82) is 0 Å². The van der Waals surface area contributed by atoms with Gasteiger partial charge in [0.15, 0.2) is 0 Å². The van der Waals surface area contributed by atoms with E-state index in [0.717, 1.165) is 5.39 Å². The molecule has 0 saturated carbocycles. The number of carboxylic acids is 1. The van der Waals surface area contributed by atoms with E-state index in [0.29, 0.717) is 28.0 Å². The van der Waals surface area contributed by atoms with Crippen molar-refractivity contribution in [3.05, 3.63) is 100 Å². The van der Waals surface area contributed by atoms with Crippen molar-refractivity contribution in [2.24, 2.45) is 0 Å². The highest BCUT2D eigenvalue weighted by Crippen LogP contribution is 2.22. The smallest absolute Gasteiger partial charge is 0.344 e. The van der Waals surface area contributed by atoms with Gasteiger partial charge in [-0.25, -0.2) is 9.59 Å². The zero-order chi connectivity index (χ0) is 20.4. The molecule has 6 nitrogen and oxygen atoms in total. The summed E-state index contributed by atoms with van der Waals surface area (Å²) in [7, 11) is 0. The quantitative estimate of drug-likeness (QED) is 0.507. The van der Waals surface area contributed by atoms with Crippen molar-refractivity contribution < 1.29 is 19.1 Å². The van der Waals surface area contributed by atoms with Crippen molar-refractivity contribution in [2.45, 2.75) is 0 Å². The summed E-state index contributed by atoms with van der Waals surface area (Å²) in [5.41, 5.74) is 1.95. The molecule has 0 aliphatic heterocycles. The zero-order valence-corrected chi connectivity index (χ0v) is 15.1. The molecule has 4 rings (SSSR count). The van der Waals surface area contributed by atoms with Gasteiger partial charge in [0.25, 0.3) is 5.91 Å². The van der Waals surface area contributed by atoms with E-state index in [9.17, 15) is 14.4 Å². The largest absolute Gasteiger partial charge is 0.478 e. The first-order chi connectivity index (χ1) is 14.0. The minimum atomic E-state index is -1.07. The lowest BCUT2D eigenvalue weighted by Gasteiger charge is -2.07. The highest BCUT2D eigenvalue weighted by molar-refractivity contribution is 6.05. The number of fused-ring (bicyclic) bond motifs is 1. The molecule has 0 unspecified atom stereocenters. The van der Waals surface area contributed by atoms with Gasteiger partial charge in [0.2, 0.25) is 0 Å². The molecule has 29 heavy (non-hydrogen) atoms. The normalized spacial score (nSPS) is 10.6. The van der Waals surface area contributed by atoms with Gasteiger partial charge in [0.05, 0.1) is 11.1 Å². The summed E-state index contributed by atoms with van der Waals surface area (Å²) in [5.74, 6) is -1.45. The highest BCUT2D eigenvalue weighted by Gasteiger charge is 2.11. The maximum absolute atomic E-state index is 12.4. The molecule has 0 aliphatic carbocycles. The number of rotatable bonds is 4. The van der Waals surface area contributed by atoms with Crippen LogP contribution in [0.2, 0.25) is 0 Å². The topological polar surface area (TPSA) is 96.6 Å². The molecule has 142 valence electrons. The van der Waals surface area contributed by atoms with Gasteiger partial charge in [-0.2, -0.15) is 0 Å². The van der Waals surface area contributed by atoms with Gasteiger partial charge < -0.3 is 14.8 Å². The molecule has 0 fully saturated rings. The van der Waals surface area contributed by atoms with Crippen LogP contribution in [-0.4, -0.2) is 17.0 Å². The second-order valence-electron chi connectivity index (χ2n) is 6.40. The number of amides is 1. The second kappa shape index (κ2) is 7.44. The van der Waals surface area contributed by atoms with Crippen LogP contribution in [-0.2, 0) is 0 Å². The number of carbonyl (C=O) groups excluding carboxylic acids is 1. The summed E-state index contributed by atoms with van der Waals surface area (Å²) in [5, 5.41) is 12.5. The number of hydrogen-bond donors (Lipinski definition) is 2. The average molecular weight is 385 g/mol. The van der Waals surface area contributed by atoms with E-state index in [1.807, 2.05) is 12.1 Å². The van der Waals surface area contributed by atoms with Gasteiger partial charge in [-0.15, -0.1) is 0 Å². The van der Waals surface area contributed by atoms with Crippen LogP contribution >= 0.6 is 0 Å². The van der Waals surface area contributed by atoms with Crippen LogP contribution in [0.25, 0.3) is 22.1 Å². The van der Waals surface area contributed by atoms with Crippen LogP contribution in [0.3, 0.4) is 0 Å². The Morgan fingerprint density at radius 3 is 2.34 bits per heavy atom. The first-order valence-electron chi connectivity index (χ1n) is 8.79. The Kier molecular flexibility index (Phi) is 4.66. The minimum Gasteiger partial charge on any atom is -0.478 e. The summed E-state index contributed by atoms with van der Waals surface area (Å²) in [6.07, 6.45) is 0. The summed E-state index contributed by atoms with van der Waals surface area (Å²) in [4.78, 5) is 35.8. The predicted octanol–water partition coefficient (Wildman–Crippen LogP) is 4.41. The Balaban J connectivity index is 1.59. The Labute approximate surface area is 165 Å². The second-order valence-corrected chi connectivity index (χ2v) is 6.40.